The number of benzene rings is 3. The zero-order valence-corrected chi connectivity index (χ0v) is 19.9. The molecule has 0 saturated heterocycles. The highest BCUT2D eigenvalue weighted by Crippen LogP contribution is 2.42. The van der Waals surface area contributed by atoms with Gasteiger partial charge in [0, 0.05) is 17.8 Å². The fourth-order valence-corrected chi connectivity index (χ4v) is 5.20. The molecule has 7 heteroatoms. The predicted molar refractivity (Wildman–Crippen MR) is 145 cm³/mol. The van der Waals surface area contributed by atoms with Crippen LogP contribution in [-0.4, -0.2) is 14.5 Å². The third-order valence-corrected chi connectivity index (χ3v) is 6.84. The summed E-state index contributed by atoms with van der Waals surface area (Å²) >= 11 is 1.43. The summed E-state index contributed by atoms with van der Waals surface area (Å²) in [5, 5.41) is 1.20. The maximum absolute atomic E-state index is 13.8. The Morgan fingerprint density at radius 2 is 1.58 bits per heavy atom. The Kier molecular flexibility index (Phi) is 5.52. The molecule has 6 rings (SSSR count). The second-order valence-corrected chi connectivity index (χ2v) is 8.95. The van der Waals surface area contributed by atoms with Gasteiger partial charge >= 0.3 is 0 Å². The minimum absolute atomic E-state index is 0.137. The molecule has 3 aromatic heterocycles. The Balaban J connectivity index is 1.68. The second-order valence-electron chi connectivity index (χ2n) is 7.97. The number of para-hydroxylation sites is 2. The van der Waals surface area contributed by atoms with E-state index in [4.69, 9.17) is 14.4 Å². The molecule has 174 valence electrons. The summed E-state index contributed by atoms with van der Waals surface area (Å²) in [5.74, 6) is 1.12. The van der Waals surface area contributed by atoms with Gasteiger partial charge in [-0.3, -0.25) is 14.3 Å². The fraction of sp³-hybridized carbons (Fsp3) is 0. The number of hydrogen-bond donors (Lipinski definition) is 0. The van der Waals surface area contributed by atoms with Crippen molar-refractivity contribution in [3.63, 3.8) is 0 Å². The van der Waals surface area contributed by atoms with Crippen LogP contribution in [0.3, 0.4) is 0 Å². The van der Waals surface area contributed by atoms with E-state index in [2.05, 4.69) is 6.58 Å². The molecule has 3 heterocycles. The summed E-state index contributed by atoms with van der Waals surface area (Å²) in [6, 6.07) is 30.5. The van der Waals surface area contributed by atoms with Crippen molar-refractivity contribution in [3.8, 4) is 27.6 Å². The van der Waals surface area contributed by atoms with E-state index in [1.54, 1.807) is 28.0 Å². The molecule has 0 aliphatic rings. The summed E-state index contributed by atoms with van der Waals surface area (Å²) in [4.78, 5) is 26.4. The van der Waals surface area contributed by atoms with E-state index in [1.165, 1.54) is 11.3 Å². The predicted octanol–water partition coefficient (Wildman–Crippen LogP) is 7.05. The molecule has 0 unspecified atom stereocenters. The maximum atomic E-state index is 13.8. The number of rotatable bonds is 6. The van der Waals surface area contributed by atoms with E-state index in [0.29, 0.717) is 27.7 Å². The Bertz CT molecular complexity index is 1720. The van der Waals surface area contributed by atoms with E-state index in [-0.39, 0.29) is 5.56 Å². The fourth-order valence-electron chi connectivity index (χ4n) is 4.13. The standard InChI is InChI=1S/C29H20N4O2S/c1-2-32(24-18-11-19-35-24)29-31-25(20-12-5-3-6-13-20)26(36-29)27-30-23-17-10-9-16-22(23)28(34)33(27)21-14-7-4-8-15-21/h2-19H,1H2. The van der Waals surface area contributed by atoms with Gasteiger partial charge in [0.25, 0.3) is 5.56 Å². The first-order chi connectivity index (χ1) is 17.7. The van der Waals surface area contributed by atoms with Gasteiger partial charge in [-0.1, -0.05) is 78.6 Å². The summed E-state index contributed by atoms with van der Waals surface area (Å²) in [7, 11) is 0. The lowest BCUT2D eigenvalue weighted by molar-refractivity contribution is 0.573. The molecule has 0 N–H and O–H groups in total. The topological polar surface area (TPSA) is 64.2 Å². The molecule has 0 radical (unpaired) electrons. The highest BCUT2D eigenvalue weighted by molar-refractivity contribution is 7.19. The van der Waals surface area contributed by atoms with Gasteiger partial charge in [-0.2, -0.15) is 0 Å². The van der Waals surface area contributed by atoms with E-state index in [9.17, 15) is 4.79 Å². The van der Waals surface area contributed by atoms with Gasteiger partial charge in [-0.25, -0.2) is 9.97 Å². The van der Waals surface area contributed by atoms with Crippen molar-refractivity contribution < 1.29 is 4.42 Å². The third kappa shape index (κ3) is 3.72. The second kappa shape index (κ2) is 9.13. The highest BCUT2D eigenvalue weighted by Gasteiger charge is 2.24. The smallest absolute Gasteiger partial charge is 0.266 e. The largest absolute Gasteiger partial charge is 0.448 e. The molecule has 0 amide bonds. The van der Waals surface area contributed by atoms with Crippen LogP contribution in [0.2, 0.25) is 0 Å². The zero-order valence-electron chi connectivity index (χ0n) is 19.1. The zero-order chi connectivity index (χ0) is 24.5. The SMILES string of the molecule is C=CN(c1ccco1)c1nc(-c2ccccc2)c(-c2nc3ccccc3c(=O)n2-c2ccccc2)s1. The quantitative estimate of drug-likeness (QED) is 0.251. The van der Waals surface area contributed by atoms with Crippen LogP contribution < -0.4 is 10.5 Å². The van der Waals surface area contributed by atoms with Crippen molar-refractivity contribution >= 4 is 33.3 Å². The van der Waals surface area contributed by atoms with Gasteiger partial charge in [0.05, 0.1) is 28.5 Å². The molecule has 0 atom stereocenters. The first kappa shape index (κ1) is 21.8. The van der Waals surface area contributed by atoms with Crippen LogP contribution in [0.4, 0.5) is 11.0 Å². The van der Waals surface area contributed by atoms with Crippen molar-refractivity contribution in [1.82, 2.24) is 14.5 Å². The lowest BCUT2D eigenvalue weighted by atomic mass is 10.1. The minimum atomic E-state index is -0.137. The number of thiazole rings is 1. The van der Waals surface area contributed by atoms with Gasteiger partial charge in [0.1, 0.15) is 4.88 Å². The molecule has 3 aromatic carbocycles. The molecule has 36 heavy (non-hydrogen) atoms. The van der Waals surface area contributed by atoms with Crippen molar-refractivity contribution in [1.29, 1.82) is 0 Å². The molecule has 0 saturated carbocycles. The molecule has 0 aliphatic carbocycles. The summed E-state index contributed by atoms with van der Waals surface area (Å²) in [5.41, 5.74) is 2.87. The molecule has 0 bridgehead atoms. The lowest BCUT2D eigenvalue weighted by Crippen LogP contribution is -2.21. The summed E-state index contributed by atoms with van der Waals surface area (Å²) < 4.78 is 7.29. The van der Waals surface area contributed by atoms with Crippen LogP contribution in [0.1, 0.15) is 0 Å². The van der Waals surface area contributed by atoms with Gasteiger partial charge in [-0.15, -0.1) is 0 Å². The van der Waals surface area contributed by atoms with Crippen LogP contribution in [0.15, 0.2) is 125 Å². The first-order valence-corrected chi connectivity index (χ1v) is 12.2. The van der Waals surface area contributed by atoms with E-state index >= 15 is 0 Å². The van der Waals surface area contributed by atoms with Gasteiger partial charge in [0.15, 0.2) is 11.0 Å². The first-order valence-electron chi connectivity index (χ1n) is 11.3. The Morgan fingerprint density at radius 1 is 0.861 bits per heavy atom. The number of aromatic nitrogens is 3. The maximum Gasteiger partial charge on any atom is 0.266 e. The molecular weight excluding hydrogens is 468 g/mol. The van der Waals surface area contributed by atoms with Gasteiger partial charge < -0.3 is 4.42 Å². The molecule has 0 spiro atoms. The minimum Gasteiger partial charge on any atom is -0.448 e. The Morgan fingerprint density at radius 3 is 2.31 bits per heavy atom. The normalized spacial score (nSPS) is 11.0. The average Bonchev–Trinajstić information content (AvgIpc) is 3.61. The van der Waals surface area contributed by atoms with Gasteiger partial charge in [-0.05, 0) is 30.3 Å². The summed E-state index contributed by atoms with van der Waals surface area (Å²) in [6.45, 7) is 3.96. The van der Waals surface area contributed by atoms with Crippen molar-refractivity contribution in [2.75, 3.05) is 4.90 Å². The van der Waals surface area contributed by atoms with Crippen molar-refractivity contribution in [2.45, 2.75) is 0 Å². The number of hydrogen-bond acceptors (Lipinski definition) is 6. The lowest BCUT2D eigenvalue weighted by Gasteiger charge is -2.14. The molecule has 6 aromatic rings. The van der Waals surface area contributed by atoms with Crippen LogP contribution in [0, 0.1) is 0 Å². The number of nitrogens with zero attached hydrogens (tertiary/aromatic N) is 4. The van der Waals surface area contributed by atoms with Crippen LogP contribution >= 0.6 is 11.3 Å². The van der Waals surface area contributed by atoms with Crippen LogP contribution in [0.5, 0.6) is 0 Å². The molecular formula is C29H20N4O2S. The number of anilines is 2. The average molecular weight is 489 g/mol. The molecule has 0 aliphatic heterocycles. The Labute approximate surface area is 211 Å². The van der Waals surface area contributed by atoms with Crippen molar-refractivity contribution in [2.24, 2.45) is 0 Å². The van der Waals surface area contributed by atoms with Crippen LogP contribution in [-0.2, 0) is 0 Å². The van der Waals surface area contributed by atoms with Crippen LogP contribution in [0.25, 0.3) is 38.5 Å². The monoisotopic (exact) mass is 488 g/mol. The third-order valence-electron chi connectivity index (χ3n) is 5.79. The Hall–Kier alpha value is -4.75. The van der Waals surface area contributed by atoms with E-state index < -0.39 is 0 Å². The molecule has 0 fully saturated rings. The van der Waals surface area contributed by atoms with Gasteiger partial charge in [0.2, 0.25) is 5.88 Å². The van der Waals surface area contributed by atoms with E-state index in [1.807, 2.05) is 91.0 Å². The van der Waals surface area contributed by atoms with Crippen molar-refractivity contribution in [3.05, 3.63) is 126 Å². The summed E-state index contributed by atoms with van der Waals surface area (Å²) in [6.07, 6.45) is 3.27. The number of fused-ring (bicyclic) bond motifs is 1. The van der Waals surface area contributed by atoms with E-state index in [0.717, 1.165) is 21.8 Å². The molecule has 6 nitrogen and oxygen atoms in total. The highest BCUT2D eigenvalue weighted by atomic mass is 32.1. The number of furan rings is 1.